The molecule has 0 unspecified atom stereocenters. The number of halogens is 3. The maximum absolute atomic E-state index is 12.0. The SMILES string of the molecule is CNc1cncc(N(C)CCC(F)(F)F)n1. The van der Waals surface area contributed by atoms with Gasteiger partial charge in [0.25, 0.3) is 0 Å². The van der Waals surface area contributed by atoms with Gasteiger partial charge in [-0.3, -0.25) is 4.98 Å². The molecule has 4 nitrogen and oxygen atoms in total. The molecule has 0 aliphatic rings. The molecule has 1 N–H and O–H groups in total. The van der Waals surface area contributed by atoms with Crippen molar-refractivity contribution in [2.24, 2.45) is 0 Å². The zero-order valence-corrected chi connectivity index (χ0v) is 9.04. The van der Waals surface area contributed by atoms with Crippen molar-refractivity contribution in [3.63, 3.8) is 0 Å². The van der Waals surface area contributed by atoms with Crippen LogP contribution < -0.4 is 10.2 Å². The van der Waals surface area contributed by atoms with Crippen LogP contribution >= 0.6 is 0 Å². The van der Waals surface area contributed by atoms with Gasteiger partial charge in [-0.05, 0) is 0 Å². The molecule has 1 aromatic rings. The Balaban J connectivity index is 2.62. The Morgan fingerprint density at radius 3 is 2.62 bits per heavy atom. The van der Waals surface area contributed by atoms with Crippen LogP contribution in [-0.4, -0.2) is 36.8 Å². The zero-order valence-electron chi connectivity index (χ0n) is 9.04. The summed E-state index contributed by atoms with van der Waals surface area (Å²) in [6, 6.07) is 0. The first-order valence-corrected chi connectivity index (χ1v) is 4.70. The van der Waals surface area contributed by atoms with Gasteiger partial charge in [-0.1, -0.05) is 0 Å². The molecule has 0 atom stereocenters. The van der Waals surface area contributed by atoms with Crippen LogP contribution in [0.25, 0.3) is 0 Å². The molecule has 1 aromatic heterocycles. The predicted octanol–water partition coefficient (Wildman–Crippen LogP) is 1.91. The van der Waals surface area contributed by atoms with Crippen LogP contribution in [0.4, 0.5) is 24.8 Å². The van der Waals surface area contributed by atoms with Gasteiger partial charge in [0, 0.05) is 20.6 Å². The Morgan fingerprint density at radius 1 is 1.38 bits per heavy atom. The second-order valence-electron chi connectivity index (χ2n) is 3.30. The lowest BCUT2D eigenvalue weighted by Gasteiger charge is -2.18. The van der Waals surface area contributed by atoms with Crippen LogP contribution in [0, 0.1) is 0 Å². The topological polar surface area (TPSA) is 41.1 Å². The summed E-state index contributed by atoms with van der Waals surface area (Å²) < 4.78 is 36.0. The Kier molecular flexibility index (Phi) is 3.92. The van der Waals surface area contributed by atoms with Crippen molar-refractivity contribution in [1.29, 1.82) is 0 Å². The number of hydrogen-bond donors (Lipinski definition) is 1. The van der Waals surface area contributed by atoms with Crippen LogP contribution in [0.1, 0.15) is 6.42 Å². The highest BCUT2D eigenvalue weighted by Crippen LogP contribution is 2.21. The fourth-order valence-electron chi connectivity index (χ4n) is 1.07. The summed E-state index contributed by atoms with van der Waals surface area (Å²) in [6.45, 7) is -0.134. The van der Waals surface area contributed by atoms with E-state index in [1.807, 2.05) is 0 Å². The smallest absolute Gasteiger partial charge is 0.372 e. The van der Waals surface area contributed by atoms with Gasteiger partial charge < -0.3 is 10.2 Å². The third-order valence-corrected chi connectivity index (χ3v) is 2.00. The molecule has 90 valence electrons. The first-order chi connectivity index (χ1) is 7.42. The van der Waals surface area contributed by atoms with E-state index in [1.54, 1.807) is 14.1 Å². The minimum absolute atomic E-state index is 0.134. The quantitative estimate of drug-likeness (QED) is 0.864. The molecule has 1 heterocycles. The van der Waals surface area contributed by atoms with E-state index in [1.165, 1.54) is 17.3 Å². The fraction of sp³-hybridized carbons (Fsp3) is 0.556. The normalized spacial score (nSPS) is 11.3. The summed E-state index contributed by atoms with van der Waals surface area (Å²) in [5.74, 6) is 0.937. The van der Waals surface area contributed by atoms with Gasteiger partial charge in [-0.2, -0.15) is 13.2 Å². The van der Waals surface area contributed by atoms with Crippen molar-refractivity contribution in [3.05, 3.63) is 12.4 Å². The highest BCUT2D eigenvalue weighted by Gasteiger charge is 2.27. The monoisotopic (exact) mass is 234 g/mol. The number of aromatic nitrogens is 2. The van der Waals surface area contributed by atoms with Gasteiger partial charge in [0.1, 0.15) is 11.6 Å². The third kappa shape index (κ3) is 3.92. The van der Waals surface area contributed by atoms with Crippen LogP contribution in [0.15, 0.2) is 12.4 Å². The Morgan fingerprint density at radius 2 is 2.06 bits per heavy atom. The van der Waals surface area contributed by atoms with Gasteiger partial charge >= 0.3 is 6.18 Å². The van der Waals surface area contributed by atoms with E-state index in [-0.39, 0.29) is 6.54 Å². The second kappa shape index (κ2) is 5.00. The first-order valence-electron chi connectivity index (χ1n) is 4.70. The van der Waals surface area contributed by atoms with Crippen molar-refractivity contribution in [2.75, 3.05) is 30.9 Å². The van der Waals surface area contributed by atoms with Gasteiger partial charge in [0.05, 0.1) is 18.8 Å². The van der Waals surface area contributed by atoms with Crippen molar-refractivity contribution < 1.29 is 13.2 Å². The van der Waals surface area contributed by atoms with Gasteiger partial charge in [-0.25, -0.2) is 4.98 Å². The molecule has 0 aliphatic heterocycles. The van der Waals surface area contributed by atoms with E-state index in [0.717, 1.165) is 0 Å². The maximum Gasteiger partial charge on any atom is 0.390 e. The summed E-state index contributed by atoms with van der Waals surface area (Å²) in [5.41, 5.74) is 0. The lowest BCUT2D eigenvalue weighted by atomic mass is 10.4. The molecule has 0 amide bonds. The molecule has 0 bridgehead atoms. The molecule has 0 aromatic carbocycles. The summed E-state index contributed by atoms with van der Waals surface area (Å²) in [7, 11) is 3.22. The Labute approximate surface area is 91.5 Å². The van der Waals surface area contributed by atoms with Crippen molar-refractivity contribution in [1.82, 2.24) is 9.97 Å². The lowest BCUT2D eigenvalue weighted by molar-refractivity contribution is -0.132. The molecule has 0 radical (unpaired) electrons. The first kappa shape index (κ1) is 12.5. The number of hydrogen-bond acceptors (Lipinski definition) is 4. The average Bonchev–Trinajstić information content (AvgIpc) is 2.25. The maximum atomic E-state index is 12.0. The third-order valence-electron chi connectivity index (χ3n) is 2.00. The lowest BCUT2D eigenvalue weighted by Crippen LogP contribution is -2.25. The van der Waals surface area contributed by atoms with Crippen molar-refractivity contribution in [2.45, 2.75) is 12.6 Å². The second-order valence-corrected chi connectivity index (χ2v) is 3.30. The molecular formula is C9H13F3N4. The zero-order chi connectivity index (χ0) is 12.2. The van der Waals surface area contributed by atoms with Gasteiger partial charge in [0.2, 0.25) is 0 Å². The average molecular weight is 234 g/mol. The van der Waals surface area contributed by atoms with Crippen LogP contribution in [0.3, 0.4) is 0 Å². The van der Waals surface area contributed by atoms with E-state index >= 15 is 0 Å². The summed E-state index contributed by atoms with van der Waals surface area (Å²) in [6.07, 6.45) is -2.09. The fourth-order valence-corrected chi connectivity index (χ4v) is 1.07. The summed E-state index contributed by atoms with van der Waals surface area (Å²) >= 11 is 0. The number of alkyl halides is 3. The molecule has 0 aliphatic carbocycles. The van der Waals surface area contributed by atoms with Crippen LogP contribution in [0.2, 0.25) is 0 Å². The Hall–Kier alpha value is -1.53. The molecule has 0 spiro atoms. The number of anilines is 2. The number of nitrogens with one attached hydrogen (secondary N) is 1. The highest BCUT2D eigenvalue weighted by molar-refractivity contribution is 5.42. The minimum atomic E-state index is -4.15. The molecule has 0 fully saturated rings. The van der Waals surface area contributed by atoms with E-state index < -0.39 is 12.6 Å². The van der Waals surface area contributed by atoms with E-state index in [4.69, 9.17) is 0 Å². The van der Waals surface area contributed by atoms with Crippen LogP contribution in [-0.2, 0) is 0 Å². The molecule has 0 saturated carbocycles. The predicted molar refractivity (Wildman–Crippen MR) is 55.5 cm³/mol. The largest absolute Gasteiger partial charge is 0.390 e. The Bertz CT molecular complexity index is 340. The van der Waals surface area contributed by atoms with Gasteiger partial charge in [0.15, 0.2) is 0 Å². The van der Waals surface area contributed by atoms with Crippen LogP contribution in [0.5, 0.6) is 0 Å². The summed E-state index contributed by atoms with van der Waals surface area (Å²) in [5, 5.41) is 2.77. The van der Waals surface area contributed by atoms with Gasteiger partial charge in [-0.15, -0.1) is 0 Å². The molecule has 7 heteroatoms. The number of rotatable bonds is 4. The standard InChI is InChI=1S/C9H13F3N4/c1-13-7-5-14-6-8(15-7)16(2)4-3-9(10,11)12/h5-6H,3-4H2,1-2H3,(H,13,15). The molecular weight excluding hydrogens is 221 g/mol. The molecule has 0 saturated heterocycles. The van der Waals surface area contributed by atoms with Crippen molar-refractivity contribution in [3.8, 4) is 0 Å². The van der Waals surface area contributed by atoms with E-state index in [0.29, 0.717) is 11.6 Å². The minimum Gasteiger partial charge on any atom is -0.372 e. The van der Waals surface area contributed by atoms with E-state index in [2.05, 4.69) is 15.3 Å². The number of nitrogens with zero attached hydrogens (tertiary/aromatic N) is 3. The van der Waals surface area contributed by atoms with Crippen molar-refractivity contribution >= 4 is 11.6 Å². The summed E-state index contributed by atoms with van der Waals surface area (Å²) in [4.78, 5) is 9.37. The molecule has 16 heavy (non-hydrogen) atoms. The highest BCUT2D eigenvalue weighted by atomic mass is 19.4. The van der Waals surface area contributed by atoms with E-state index in [9.17, 15) is 13.2 Å². The molecule has 1 rings (SSSR count).